The first-order valence-corrected chi connectivity index (χ1v) is 5.90. The minimum Gasteiger partial charge on any atom is -0.463 e. The van der Waals surface area contributed by atoms with Crippen molar-refractivity contribution in [3.63, 3.8) is 0 Å². The summed E-state index contributed by atoms with van der Waals surface area (Å²) in [6.45, 7) is 0.668. The zero-order valence-corrected chi connectivity index (χ0v) is 10.0. The van der Waals surface area contributed by atoms with Crippen LogP contribution in [-0.4, -0.2) is 23.0 Å². The van der Waals surface area contributed by atoms with Crippen molar-refractivity contribution in [1.82, 2.24) is 9.97 Å². The van der Waals surface area contributed by atoms with Gasteiger partial charge in [-0.3, -0.25) is 0 Å². The number of ether oxygens (including phenoxy) is 1. The monoisotopic (exact) mass is 249 g/mol. The average molecular weight is 249 g/mol. The Morgan fingerprint density at radius 2 is 2.41 bits per heavy atom. The van der Waals surface area contributed by atoms with E-state index in [9.17, 15) is 4.79 Å². The van der Waals surface area contributed by atoms with Crippen LogP contribution in [0.2, 0.25) is 0 Å². The van der Waals surface area contributed by atoms with Gasteiger partial charge in [0, 0.05) is 12.7 Å². The second kappa shape index (κ2) is 5.40. The number of thiophene rings is 1. The van der Waals surface area contributed by atoms with E-state index in [-0.39, 0.29) is 5.82 Å². The molecule has 1 N–H and O–H groups in total. The fourth-order valence-corrected chi connectivity index (χ4v) is 1.90. The molecule has 0 amide bonds. The summed E-state index contributed by atoms with van der Waals surface area (Å²) >= 11 is 1.64. The summed E-state index contributed by atoms with van der Waals surface area (Å²) < 4.78 is 4.55. The highest BCUT2D eigenvalue weighted by Crippen LogP contribution is 2.09. The van der Waals surface area contributed by atoms with Crippen molar-refractivity contribution in [2.75, 3.05) is 12.4 Å². The fraction of sp³-hybridized carbons (Fsp3) is 0.182. The topological polar surface area (TPSA) is 64.1 Å². The van der Waals surface area contributed by atoms with Gasteiger partial charge >= 0.3 is 5.97 Å². The third-order valence-corrected chi connectivity index (χ3v) is 2.81. The minimum atomic E-state index is -0.538. The molecule has 0 aliphatic carbocycles. The molecule has 0 aromatic carbocycles. The first-order chi connectivity index (χ1) is 8.29. The van der Waals surface area contributed by atoms with Crippen molar-refractivity contribution in [3.05, 3.63) is 40.5 Å². The molecular formula is C11H11N3O2S. The molecule has 0 radical (unpaired) electrons. The van der Waals surface area contributed by atoms with E-state index >= 15 is 0 Å². The van der Waals surface area contributed by atoms with Gasteiger partial charge in [0.2, 0.25) is 5.82 Å². The summed E-state index contributed by atoms with van der Waals surface area (Å²) in [5.41, 5.74) is 1.17. The first-order valence-electron chi connectivity index (χ1n) is 4.96. The van der Waals surface area contributed by atoms with Crippen LogP contribution in [0.4, 0.5) is 5.82 Å². The molecule has 2 rings (SSSR count). The average Bonchev–Trinajstić information content (AvgIpc) is 2.89. The number of aromatic nitrogens is 2. The number of carbonyl (C=O) groups excluding carboxylic acids is 1. The van der Waals surface area contributed by atoms with Crippen LogP contribution in [0.25, 0.3) is 0 Å². The molecular weight excluding hydrogens is 238 g/mol. The number of hydrogen-bond donors (Lipinski definition) is 1. The van der Waals surface area contributed by atoms with Crippen LogP contribution in [0.1, 0.15) is 16.2 Å². The summed E-state index contributed by atoms with van der Waals surface area (Å²) in [7, 11) is 1.30. The molecule has 0 aliphatic heterocycles. The number of carbonyl (C=O) groups is 1. The molecule has 88 valence electrons. The number of nitrogens with zero attached hydrogens (tertiary/aromatic N) is 2. The van der Waals surface area contributed by atoms with E-state index in [1.807, 2.05) is 11.4 Å². The Balaban J connectivity index is 2.03. The summed E-state index contributed by atoms with van der Waals surface area (Å²) in [4.78, 5) is 19.1. The van der Waals surface area contributed by atoms with Crippen molar-refractivity contribution >= 4 is 23.1 Å². The molecule has 0 fully saturated rings. The van der Waals surface area contributed by atoms with Crippen molar-refractivity contribution in [1.29, 1.82) is 0 Å². The molecule has 0 bridgehead atoms. The number of hydrogen-bond acceptors (Lipinski definition) is 6. The van der Waals surface area contributed by atoms with Crippen LogP contribution in [-0.2, 0) is 11.3 Å². The van der Waals surface area contributed by atoms with E-state index in [0.717, 1.165) is 0 Å². The molecule has 5 nitrogen and oxygen atoms in total. The van der Waals surface area contributed by atoms with Crippen LogP contribution in [0.15, 0.2) is 29.1 Å². The zero-order chi connectivity index (χ0) is 12.1. The zero-order valence-electron chi connectivity index (χ0n) is 9.21. The number of esters is 1. The lowest BCUT2D eigenvalue weighted by molar-refractivity contribution is 0.0587. The Kier molecular flexibility index (Phi) is 3.66. The van der Waals surface area contributed by atoms with E-state index < -0.39 is 5.97 Å². The molecule has 0 atom stereocenters. The Morgan fingerprint density at radius 1 is 1.53 bits per heavy atom. The Bertz CT molecular complexity index is 499. The van der Waals surface area contributed by atoms with Gasteiger partial charge in [-0.1, -0.05) is 0 Å². The maximum atomic E-state index is 11.2. The summed E-state index contributed by atoms with van der Waals surface area (Å²) in [5.74, 6) is 0.124. The third kappa shape index (κ3) is 3.01. The van der Waals surface area contributed by atoms with Crippen LogP contribution in [0.3, 0.4) is 0 Å². The Labute approximate surface area is 102 Å². The van der Waals surface area contributed by atoms with Crippen molar-refractivity contribution in [3.8, 4) is 0 Å². The number of methoxy groups -OCH3 is 1. The summed E-state index contributed by atoms with van der Waals surface area (Å²) in [6, 6.07) is 3.74. The van der Waals surface area contributed by atoms with Crippen LogP contribution < -0.4 is 5.32 Å². The highest BCUT2D eigenvalue weighted by molar-refractivity contribution is 7.07. The molecule has 17 heavy (non-hydrogen) atoms. The van der Waals surface area contributed by atoms with Crippen LogP contribution in [0, 0.1) is 0 Å². The van der Waals surface area contributed by atoms with E-state index in [1.54, 1.807) is 17.4 Å². The van der Waals surface area contributed by atoms with Crippen LogP contribution in [0.5, 0.6) is 0 Å². The molecule has 0 aliphatic rings. The summed E-state index contributed by atoms with van der Waals surface area (Å²) in [5, 5.41) is 7.18. The molecule has 2 aromatic heterocycles. The van der Waals surface area contributed by atoms with Gasteiger partial charge < -0.3 is 10.1 Å². The largest absolute Gasteiger partial charge is 0.463 e. The third-order valence-electron chi connectivity index (χ3n) is 2.08. The molecule has 0 saturated heterocycles. The molecule has 2 heterocycles. The molecule has 2 aromatic rings. The van der Waals surface area contributed by atoms with E-state index in [2.05, 4.69) is 25.4 Å². The lowest BCUT2D eigenvalue weighted by Gasteiger charge is -2.04. The lowest BCUT2D eigenvalue weighted by atomic mass is 10.3. The second-order valence-corrected chi connectivity index (χ2v) is 4.02. The predicted molar refractivity (Wildman–Crippen MR) is 65.0 cm³/mol. The van der Waals surface area contributed by atoms with E-state index in [0.29, 0.717) is 12.4 Å². The summed E-state index contributed by atoms with van der Waals surface area (Å²) in [6.07, 6.45) is 1.52. The van der Waals surface area contributed by atoms with Crippen molar-refractivity contribution < 1.29 is 9.53 Å². The Hall–Kier alpha value is -1.95. The maximum Gasteiger partial charge on any atom is 0.376 e. The highest BCUT2D eigenvalue weighted by Gasteiger charge is 2.09. The van der Waals surface area contributed by atoms with Gasteiger partial charge in [0.1, 0.15) is 5.82 Å². The van der Waals surface area contributed by atoms with Gasteiger partial charge in [-0.15, -0.1) is 0 Å². The van der Waals surface area contributed by atoms with E-state index in [1.165, 1.54) is 18.9 Å². The van der Waals surface area contributed by atoms with Crippen molar-refractivity contribution in [2.45, 2.75) is 6.54 Å². The first kappa shape index (κ1) is 11.5. The molecule has 0 unspecified atom stereocenters. The highest BCUT2D eigenvalue weighted by atomic mass is 32.1. The molecule has 0 saturated carbocycles. The maximum absolute atomic E-state index is 11.2. The second-order valence-electron chi connectivity index (χ2n) is 3.24. The quantitative estimate of drug-likeness (QED) is 0.839. The standard InChI is InChI=1S/C11H11N3O2S/c1-16-11(15)10-12-4-2-9(14-10)13-6-8-3-5-17-7-8/h2-5,7H,6H2,1H3,(H,12,13,14). The van der Waals surface area contributed by atoms with Crippen LogP contribution >= 0.6 is 11.3 Å². The number of rotatable bonds is 4. The normalized spacial score (nSPS) is 9.94. The lowest BCUT2D eigenvalue weighted by Crippen LogP contribution is -2.09. The van der Waals surface area contributed by atoms with Gasteiger partial charge in [-0.05, 0) is 28.5 Å². The van der Waals surface area contributed by atoms with Gasteiger partial charge in [0.25, 0.3) is 0 Å². The van der Waals surface area contributed by atoms with Crippen molar-refractivity contribution in [2.24, 2.45) is 0 Å². The molecule has 0 spiro atoms. The van der Waals surface area contributed by atoms with Gasteiger partial charge in [0.05, 0.1) is 7.11 Å². The number of nitrogens with one attached hydrogen (secondary N) is 1. The Morgan fingerprint density at radius 3 is 3.12 bits per heavy atom. The van der Waals surface area contributed by atoms with E-state index in [4.69, 9.17) is 0 Å². The fourth-order valence-electron chi connectivity index (χ4n) is 1.23. The number of anilines is 1. The van der Waals surface area contributed by atoms with Gasteiger partial charge in [-0.25, -0.2) is 14.8 Å². The SMILES string of the molecule is COC(=O)c1nccc(NCc2ccsc2)n1. The minimum absolute atomic E-state index is 0.0582. The smallest absolute Gasteiger partial charge is 0.376 e. The van der Waals surface area contributed by atoms with Gasteiger partial charge in [-0.2, -0.15) is 11.3 Å². The predicted octanol–water partition coefficient (Wildman–Crippen LogP) is 1.94. The van der Waals surface area contributed by atoms with Gasteiger partial charge in [0.15, 0.2) is 0 Å². The molecule has 6 heteroatoms.